The minimum atomic E-state index is -1.42. The van der Waals surface area contributed by atoms with Crippen LogP contribution in [0.4, 0.5) is 0 Å². The highest BCUT2D eigenvalue weighted by molar-refractivity contribution is 5.94. The number of esters is 1. The number of carbonyl (C=O) groups is 1. The van der Waals surface area contributed by atoms with Crippen LogP contribution >= 0.6 is 0 Å². The third-order valence-electron chi connectivity index (χ3n) is 2.62. The highest BCUT2D eigenvalue weighted by Crippen LogP contribution is 2.38. The third kappa shape index (κ3) is 1.06. The number of aliphatic hydroxyl groups is 1. The van der Waals surface area contributed by atoms with Crippen LogP contribution in [0.2, 0.25) is 0 Å². The van der Waals surface area contributed by atoms with Gasteiger partial charge >= 0.3 is 5.97 Å². The van der Waals surface area contributed by atoms with Gasteiger partial charge in [0.1, 0.15) is 0 Å². The van der Waals surface area contributed by atoms with Crippen LogP contribution in [0.3, 0.4) is 0 Å². The van der Waals surface area contributed by atoms with E-state index < -0.39 is 11.8 Å². The summed E-state index contributed by atoms with van der Waals surface area (Å²) in [5, 5.41) is 10.1. The molecule has 0 radical (unpaired) electrons. The Morgan fingerprint density at radius 1 is 1.50 bits per heavy atom. The molecule has 0 saturated heterocycles. The zero-order chi connectivity index (χ0) is 10.3. The van der Waals surface area contributed by atoms with Gasteiger partial charge in [-0.25, -0.2) is 4.79 Å². The number of carbonyl (C=O) groups excluding carboxylic acids is 1. The van der Waals surface area contributed by atoms with E-state index in [0.29, 0.717) is 17.5 Å². The van der Waals surface area contributed by atoms with Crippen molar-refractivity contribution >= 4 is 5.97 Å². The van der Waals surface area contributed by atoms with Crippen molar-refractivity contribution in [3.8, 4) is 0 Å². The molecule has 0 amide bonds. The summed E-state index contributed by atoms with van der Waals surface area (Å²) in [7, 11) is 0. The SMILES string of the molecule is CCC1(O)OC(=O)c2cccc(C)c21. The van der Waals surface area contributed by atoms with E-state index >= 15 is 0 Å². The number of hydrogen-bond donors (Lipinski definition) is 1. The van der Waals surface area contributed by atoms with Gasteiger partial charge in [-0.15, -0.1) is 0 Å². The molecule has 1 aromatic carbocycles. The van der Waals surface area contributed by atoms with E-state index in [-0.39, 0.29) is 0 Å². The molecule has 0 aromatic heterocycles. The van der Waals surface area contributed by atoms with Crippen molar-refractivity contribution in [3.63, 3.8) is 0 Å². The maximum absolute atomic E-state index is 11.4. The molecule has 0 spiro atoms. The molecule has 1 aromatic rings. The first-order valence-corrected chi connectivity index (χ1v) is 4.64. The molecule has 1 aliphatic rings. The van der Waals surface area contributed by atoms with E-state index in [0.717, 1.165) is 5.56 Å². The van der Waals surface area contributed by atoms with Crippen molar-refractivity contribution in [2.24, 2.45) is 0 Å². The Bertz CT molecular complexity index is 398. The smallest absolute Gasteiger partial charge is 0.341 e. The zero-order valence-electron chi connectivity index (χ0n) is 8.20. The molecule has 0 fully saturated rings. The van der Waals surface area contributed by atoms with E-state index in [1.165, 1.54) is 0 Å². The molecule has 1 unspecified atom stereocenters. The molecule has 1 aliphatic heterocycles. The lowest BCUT2D eigenvalue weighted by Crippen LogP contribution is -2.25. The lowest BCUT2D eigenvalue weighted by Gasteiger charge is -2.21. The van der Waals surface area contributed by atoms with Gasteiger partial charge < -0.3 is 9.84 Å². The predicted molar refractivity (Wildman–Crippen MR) is 50.8 cm³/mol. The Kier molecular flexibility index (Phi) is 1.86. The number of ether oxygens (including phenoxy) is 1. The van der Waals surface area contributed by atoms with Crippen molar-refractivity contribution < 1.29 is 14.6 Å². The number of fused-ring (bicyclic) bond motifs is 1. The van der Waals surface area contributed by atoms with Crippen molar-refractivity contribution in [2.75, 3.05) is 0 Å². The Morgan fingerprint density at radius 2 is 2.21 bits per heavy atom. The fourth-order valence-corrected chi connectivity index (χ4v) is 1.86. The summed E-state index contributed by atoms with van der Waals surface area (Å²) in [6, 6.07) is 5.33. The number of benzene rings is 1. The fourth-order valence-electron chi connectivity index (χ4n) is 1.86. The molecule has 14 heavy (non-hydrogen) atoms. The molecule has 1 N–H and O–H groups in total. The van der Waals surface area contributed by atoms with Crippen molar-refractivity contribution in [2.45, 2.75) is 26.1 Å². The second kappa shape index (κ2) is 2.82. The third-order valence-corrected chi connectivity index (χ3v) is 2.62. The Morgan fingerprint density at radius 3 is 2.86 bits per heavy atom. The Balaban J connectivity index is 2.68. The summed E-state index contributed by atoms with van der Waals surface area (Å²) in [5.74, 6) is -1.86. The second-order valence-electron chi connectivity index (χ2n) is 3.52. The maximum Gasteiger partial charge on any atom is 0.341 e. The lowest BCUT2D eigenvalue weighted by molar-refractivity contribution is -0.164. The maximum atomic E-state index is 11.4. The summed E-state index contributed by atoms with van der Waals surface area (Å²) in [4.78, 5) is 11.4. The lowest BCUT2D eigenvalue weighted by atomic mass is 9.95. The molecule has 3 nitrogen and oxygen atoms in total. The van der Waals surface area contributed by atoms with Gasteiger partial charge in [-0.1, -0.05) is 19.1 Å². The summed E-state index contributed by atoms with van der Waals surface area (Å²) < 4.78 is 4.97. The molecule has 1 atom stereocenters. The first-order chi connectivity index (χ1) is 6.58. The van der Waals surface area contributed by atoms with Crippen molar-refractivity contribution in [1.29, 1.82) is 0 Å². The second-order valence-corrected chi connectivity index (χ2v) is 3.52. The van der Waals surface area contributed by atoms with Crippen LogP contribution < -0.4 is 0 Å². The van der Waals surface area contributed by atoms with Gasteiger partial charge in [0, 0.05) is 12.0 Å². The average Bonchev–Trinajstić information content (AvgIpc) is 2.42. The largest absolute Gasteiger partial charge is 0.425 e. The summed E-state index contributed by atoms with van der Waals surface area (Å²) >= 11 is 0. The van der Waals surface area contributed by atoms with Gasteiger partial charge in [-0.2, -0.15) is 0 Å². The van der Waals surface area contributed by atoms with E-state index in [1.54, 1.807) is 19.1 Å². The van der Waals surface area contributed by atoms with Gasteiger partial charge in [0.2, 0.25) is 5.79 Å². The van der Waals surface area contributed by atoms with E-state index in [9.17, 15) is 9.90 Å². The quantitative estimate of drug-likeness (QED) is 0.689. The van der Waals surface area contributed by atoms with Crippen LogP contribution in [0.25, 0.3) is 0 Å². The van der Waals surface area contributed by atoms with E-state index in [2.05, 4.69) is 0 Å². The Hall–Kier alpha value is -1.35. The highest BCUT2D eigenvalue weighted by atomic mass is 16.7. The molecule has 0 aliphatic carbocycles. The molecule has 74 valence electrons. The first-order valence-electron chi connectivity index (χ1n) is 4.64. The van der Waals surface area contributed by atoms with Gasteiger partial charge in [0.05, 0.1) is 5.56 Å². The number of rotatable bonds is 1. The minimum absolute atomic E-state index is 0.372. The molecule has 0 bridgehead atoms. The number of aryl methyl sites for hydroxylation is 1. The van der Waals surface area contributed by atoms with E-state index in [4.69, 9.17) is 4.74 Å². The topological polar surface area (TPSA) is 46.5 Å². The monoisotopic (exact) mass is 192 g/mol. The first kappa shape index (κ1) is 9.21. The molecule has 0 saturated carbocycles. The van der Waals surface area contributed by atoms with Crippen molar-refractivity contribution in [1.82, 2.24) is 0 Å². The van der Waals surface area contributed by atoms with Crippen LogP contribution in [0.15, 0.2) is 18.2 Å². The van der Waals surface area contributed by atoms with Crippen LogP contribution in [0.5, 0.6) is 0 Å². The zero-order valence-corrected chi connectivity index (χ0v) is 8.20. The van der Waals surface area contributed by atoms with Crippen molar-refractivity contribution in [3.05, 3.63) is 34.9 Å². The normalized spacial score (nSPS) is 24.6. The molecule has 3 heteroatoms. The molecular weight excluding hydrogens is 180 g/mol. The summed E-state index contributed by atoms with van der Waals surface area (Å²) in [6.07, 6.45) is 0.372. The van der Waals surface area contributed by atoms with Crippen LogP contribution in [0.1, 0.15) is 34.8 Å². The van der Waals surface area contributed by atoms with Crippen LogP contribution in [0, 0.1) is 6.92 Å². The van der Waals surface area contributed by atoms with Gasteiger partial charge in [0.15, 0.2) is 0 Å². The number of hydrogen-bond acceptors (Lipinski definition) is 3. The average molecular weight is 192 g/mol. The highest BCUT2D eigenvalue weighted by Gasteiger charge is 2.43. The summed E-state index contributed by atoms with van der Waals surface area (Å²) in [6.45, 7) is 3.65. The van der Waals surface area contributed by atoms with Gasteiger partial charge in [-0.05, 0) is 18.6 Å². The molecule has 2 rings (SSSR count). The fraction of sp³-hybridized carbons (Fsp3) is 0.364. The molecule has 1 heterocycles. The van der Waals surface area contributed by atoms with Gasteiger partial charge in [0.25, 0.3) is 0 Å². The van der Waals surface area contributed by atoms with E-state index in [1.807, 2.05) is 13.0 Å². The Labute approximate surface area is 82.3 Å². The van der Waals surface area contributed by atoms with Crippen LogP contribution in [-0.4, -0.2) is 11.1 Å². The van der Waals surface area contributed by atoms with Crippen LogP contribution in [-0.2, 0) is 10.5 Å². The van der Waals surface area contributed by atoms with Gasteiger partial charge in [-0.3, -0.25) is 0 Å². The molecular formula is C11H12O3. The minimum Gasteiger partial charge on any atom is -0.425 e. The number of cyclic esters (lactones) is 1. The summed E-state index contributed by atoms with van der Waals surface area (Å²) in [5.41, 5.74) is 1.99. The predicted octanol–water partition coefficient (Wildman–Crippen LogP) is 1.72. The standard InChI is InChI=1S/C11H12O3/c1-3-11(13)9-7(2)5-4-6-8(9)10(12)14-11/h4-6,13H,3H2,1-2H3.